The molecular weight excluding hydrogens is 228 g/mol. The first-order chi connectivity index (χ1) is 8.43. The van der Waals surface area contributed by atoms with E-state index in [1.54, 1.807) is 0 Å². The van der Waals surface area contributed by atoms with Crippen molar-refractivity contribution in [2.75, 3.05) is 11.5 Å². The summed E-state index contributed by atoms with van der Waals surface area (Å²) in [6, 6.07) is 11.2. The minimum atomic E-state index is 0.687. The molecule has 2 nitrogen and oxygen atoms in total. The van der Waals surface area contributed by atoms with E-state index in [0.29, 0.717) is 6.04 Å². The van der Waals surface area contributed by atoms with Gasteiger partial charge in [0.05, 0.1) is 5.52 Å². The summed E-state index contributed by atoms with van der Waals surface area (Å²) in [5.41, 5.74) is 2.44. The molecule has 3 rings (SSSR count). The fourth-order valence-electron chi connectivity index (χ4n) is 2.26. The van der Waals surface area contributed by atoms with E-state index in [1.165, 1.54) is 28.9 Å². The monoisotopic (exact) mass is 244 g/mol. The highest BCUT2D eigenvalue weighted by Crippen LogP contribution is 2.19. The van der Waals surface area contributed by atoms with Gasteiger partial charge in [-0.2, -0.15) is 11.8 Å². The largest absolute Gasteiger partial charge is 0.309 e. The summed E-state index contributed by atoms with van der Waals surface area (Å²) in [5.74, 6) is 2.55. The summed E-state index contributed by atoms with van der Waals surface area (Å²) in [6.07, 6.45) is 3.20. The molecule has 1 unspecified atom stereocenters. The molecule has 1 aromatic carbocycles. The number of aromatic nitrogens is 1. The molecule has 1 aliphatic heterocycles. The Labute approximate surface area is 106 Å². The van der Waals surface area contributed by atoms with E-state index >= 15 is 0 Å². The second kappa shape index (κ2) is 5.07. The lowest BCUT2D eigenvalue weighted by atomic mass is 10.1. The Balaban J connectivity index is 1.79. The number of nitrogens with one attached hydrogen (secondary N) is 1. The molecule has 0 bridgehead atoms. The SMILES string of the molecule is c1ccc2c(CNC3CCSC3)ccnc2c1. The van der Waals surface area contributed by atoms with Crippen LogP contribution in [0.25, 0.3) is 10.9 Å². The van der Waals surface area contributed by atoms with E-state index in [1.807, 2.05) is 24.0 Å². The minimum Gasteiger partial charge on any atom is -0.309 e. The highest BCUT2D eigenvalue weighted by Gasteiger charge is 2.14. The van der Waals surface area contributed by atoms with Gasteiger partial charge in [0.2, 0.25) is 0 Å². The molecule has 0 amide bonds. The predicted molar refractivity (Wildman–Crippen MR) is 74.3 cm³/mol. The van der Waals surface area contributed by atoms with Crippen LogP contribution in [0.1, 0.15) is 12.0 Å². The molecule has 2 aromatic rings. The lowest BCUT2D eigenvalue weighted by molar-refractivity contribution is 0.559. The van der Waals surface area contributed by atoms with Crippen LogP contribution in [-0.4, -0.2) is 22.5 Å². The molecule has 0 aliphatic carbocycles. The number of hydrogen-bond acceptors (Lipinski definition) is 3. The first-order valence-electron chi connectivity index (χ1n) is 6.07. The number of fused-ring (bicyclic) bond motifs is 1. The van der Waals surface area contributed by atoms with Gasteiger partial charge in [0.25, 0.3) is 0 Å². The molecular formula is C14H16N2S. The standard InChI is InChI=1S/C14H16N2S/c1-2-4-14-13(3-1)11(5-7-15-14)9-16-12-6-8-17-10-12/h1-5,7,12,16H,6,8-10H2. The van der Waals surface area contributed by atoms with Crippen molar-refractivity contribution >= 4 is 22.7 Å². The number of benzene rings is 1. The van der Waals surface area contributed by atoms with Crippen molar-refractivity contribution in [2.24, 2.45) is 0 Å². The van der Waals surface area contributed by atoms with Crippen molar-refractivity contribution in [3.63, 3.8) is 0 Å². The second-order valence-electron chi connectivity index (χ2n) is 4.43. The summed E-state index contributed by atoms with van der Waals surface area (Å²) in [5, 5.41) is 4.91. The Hall–Kier alpha value is -1.06. The fourth-order valence-corrected chi connectivity index (χ4v) is 3.45. The van der Waals surface area contributed by atoms with E-state index in [4.69, 9.17) is 0 Å². The maximum absolute atomic E-state index is 4.39. The molecule has 0 radical (unpaired) electrons. The summed E-state index contributed by atoms with van der Waals surface area (Å²) >= 11 is 2.05. The van der Waals surface area contributed by atoms with Gasteiger partial charge in [0.1, 0.15) is 0 Å². The fraction of sp³-hybridized carbons (Fsp3) is 0.357. The van der Waals surface area contributed by atoms with Crippen molar-refractivity contribution in [3.05, 3.63) is 42.1 Å². The van der Waals surface area contributed by atoms with Crippen LogP contribution in [0.2, 0.25) is 0 Å². The first-order valence-corrected chi connectivity index (χ1v) is 7.23. The predicted octanol–water partition coefficient (Wildman–Crippen LogP) is 2.83. The molecule has 1 aliphatic rings. The van der Waals surface area contributed by atoms with E-state index in [2.05, 4.69) is 34.6 Å². The molecule has 1 atom stereocenters. The molecule has 2 heterocycles. The average molecular weight is 244 g/mol. The zero-order chi connectivity index (χ0) is 11.5. The first kappa shape index (κ1) is 11.1. The van der Waals surface area contributed by atoms with Gasteiger partial charge in [-0.3, -0.25) is 4.98 Å². The zero-order valence-corrected chi connectivity index (χ0v) is 10.5. The molecule has 17 heavy (non-hydrogen) atoms. The van der Waals surface area contributed by atoms with Crippen LogP contribution < -0.4 is 5.32 Å². The third-order valence-corrected chi connectivity index (χ3v) is 4.41. The molecule has 3 heteroatoms. The number of rotatable bonds is 3. The molecule has 0 spiro atoms. The van der Waals surface area contributed by atoms with Crippen LogP contribution in [0.3, 0.4) is 0 Å². The molecule has 1 aromatic heterocycles. The van der Waals surface area contributed by atoms with Crippen LogP contribution in [0.4, 0.5) is 0 Å². The molecule has 88 valence electrons. The average Bonchev–Trinajstić information content (AvgIpc) is 2.89. The van der Waals surface area contributed by atoms with Gasteiger partial charge in [0.15, 0.2) is 0 Å². The van der Waals surface area contributed by atoms with Crippen molar-refractivity contribution in [1.29, 1.82) is 0 Å². The number of nitrogens with zero attached hydrogens (tertiary/aromatic N) is 1. The third kappa shape index (κ3) is 2.45. The van der Waals surface area contributed by atoms with Gasteiger partial charge in [0, 0.05) is 29.9 Å². The van der Waals surface area contributed by atoms with Crippen LogP contribution in [0.5, 0.6) is 0 Å². The molecule has 1 fully saturated rings. The Morgan fingerprint density at radius 2 is 2.24 bits per heavy atom. The van der Waals surface area contributed by atoms with E-state index in [-0.39, 0.29) is 0 Å². The third-order valence-electron chi connectivity index (χ3n) is 3.25. The summed E-state index contributed by atoms with van der Waals surface area (Å²) < 4.78 is 0. The van der Waals surface area contributed by atoms with Crippen molar-refractivity contribution < 1.29 is 0 Å². The highest BCUT2D eigenvalue weighted by atomic mass is 32.2. The second-order valence-corrected chi connectivity index (χ2v) is 5.58. The van der Waals surface area contributed by atoms with Crippen molar-refractivity contribution in [3.8, 4) is 0 Å². The number of thioether (sulfide) groups is 1. The van der Waals surface area contributed by atoms with E-state index < -0.39 is 0 Å². The van der Waals surface area contributed by atoms with Crippen molar-refractivity contribution in [1.82, 2.24) is 10.3 Å². The summed E-state index contributed by atoms with van der Waals surface area (Å²) in [4.78, 5) is 4.39. The van der Waals surface area contributed by atoms with Crippen LogP contribution in [0, 0.1) is 0 Å². The Kier molecular flexibility index (Phi) is 3.29. The zero-order valence-electron chi connectivity index (χ0n) is 9.73. The maximum Gasteiger partial charge on any atom is 0.0705 e. The number of hydrogen-bond donors (Lipinski definition) is 1. The highest BCUT2D eigenvalue weighted by molar-refractivity contribution is 7.99. The van der Waals surface area contributed by atoms with Gasteiger partial charge >= 0.3 is 0 Å². The Bertz CT molecular complexity index is 501. The van der Waals surface area contributed by atoms with Crippen molar-refractivity contribution in [2.45, 2.75) is 19.0 Å². The normalized spacial score (nSPS) is 19.9. The van der Waals surface area contributed by atoms with Gasteiger partial charge < -0.3 is 5.32 Å². The maximum atomic E-state index is 4.39. The van der Waals surface area contributed by atoms with Gasteiger partial charge in [-0.1, -0.05) is 18.2 Å². The van der Waals surface area contributed by atoms with E-state index in [9.17, 15) is 0 Å². The molecule has 0 saturated carbocycles. The summed E-state index contributed by atoms with van der Waals surface area (Å²) in [6.45, 7) is 0.953. The van der Waals surface area contributed by atoms with Crippen LogP contribution >= 0.6 is 11.8 Å². The minimum absolute atomic E-state index is 0.687. The van der Waals surface area contributed by atoms with Crippen LogP contribution in [-0.2, 0) is 6.54 Å². The smallest absolute Gasteiger partial charge is 0.0705 e. The molecule has 1 N–H and O–H groups in total. The topological polar surface area (TPSA) is 24.9 Å². The van der Waals surface area contributed by atoms with E-state index in [0.717, 1.165) is 12.1 Å². The lowest BCUT2D eigenvalue weighted by Crippen LogP contribution is -2.28. The Morgan fingerprint density at radius 1 is 1.29 bits per heavy atom. The Morgan fingerprint density at radius 3 is 3.12 bits per heavy atom. The van der Waals surface area contributed by atoms with Crippen LogP contribution in [0.15, 0.2) is 36.5 Å². The van der Waals surface area contributed by atoms with Gasteiger partial charge in [-0.25, -0.2) is 0 Å². The molecule has 1 saturated heterocycles. The van der Waals surface area contributed by atoms with Gasteiger partial charge in [-0.05, 0) is 29.9 Å². The number of pyridine rings is 1. The van der Waals surface area contributed by atoms with Gasteiger partial charge in [-0.15, -0.1) is 0 Å². The quantitative estimate of drug-likeness (QED) is 0.898. The number of para-hydroxylation sites is 1. The lowest BCUT2D eigenvalue weighted by Gasteiger charge is -2.12. The summed E-state index contributed by atoms with van der Waals surface area (Å²) in [7, 11) is 0.